The van der Waals surface area contributed by atoms with Gasteiger partial charge < -0.3 is 5.32 Å². The Morgan fingerprint density at radius 2 is 2.46 bits per heavy atom. The Bertz CT molecular complexity index is 373. The lowest BCUT2D eigenvalue weighted by molar-refractivity contribution is 0.602. The monoisotopic (exact) mass is 219 g/mol. The summed E-state index contributed by atoms with van der Waals surface area (Å²) in [5.41, 5.74) is 0. The van der Waals surface area contributed by atoms with Crippen LogP contribution in [0.2, 0.25) is 0 Å². The van der Waals surface area contributed by atoms with Gasteiger partial charge in [0.2, 0.25) is 5.13 Å². The van der Waals surface area contributed by atoms with Crippen molar-refractivity contribution >= 4 is 26.5 Å². The zero-order valence-corrected chi connectivity index (χ0v) is 8.44. The van der Waals surface area contributed by atoms with Gasteiger partial charge in [-0.3, -0.25) is 0 Å². The summed E-state index contributed by atoms with van der Waals surface area (Å²) in [4.78, 5) is 3.93. The van der Waals surface area contributed by atoms with Gasteiger partial charge in [0.15, 0.2) is 9.84 Å². The predicted octanol–water partition coefficient (Wildman–Crippen LogP) is 0.137. The van der Waals surface area contributed by atoms with Gasteiger partial charge >= 0.3 is 0 Å². The Labute approximate surface area is 80.3 Å². The zero-order valence-electron chi connectivity index (χ0n) is 6.80. The maximum absolute atomic E-state index is 11.1. The van der Waals surface area contributed by atoms with Crippen molar-refractivity contribution in [3.63, 3.8) is 0 Å². The molecule has 13 heavy (non-hydrogen) atoms. The average molecular weight is 219 g/mol. The Morgan fingerprint density at radius 1 is 1.62 bits per heavy atom. The van der Waals surface area contributed by atoms with Crippen LogP contribution in [0, 0.1) is 0 Å². The number of hydrogen-bond acceptors (Lipinski definition) is 6. The fourth-order valence-electron chi connectivity index (χ4n) is 1.32. The molecular weight excluding hydrogens is 210 g/mol. The summed E-state index contributed by atoms with van der Waals surface area (Å²) in [6.45, 7) is 0. The summed E-state index contributed by atoms with van der Waals surface area (Å²) in [5, 5.41) is 3.74. The molecule has 0 spiro atoms. The maximum Gasteiger partial charge on any atom is 0.202 e. The quantitative estimate of drug-likeness (QED) is 0.766. The first-order valence-corrected chi connectivity index (χ1v) is 6.49. The fraction of sp³-hybridized carbons (Fsp3) is 0.667. The molecule has 1 aliphatic rings. The molecule has 0 bridgehead atoms. The van der Waals surface area contributed by atoms with E-state index in [9.17, 15) is 8.42 Å². The van der Waals surface area contributed by atoms with Crippen LogP contribution in [0.4, 0.5) is 5.13 Å². The van der Waals surface area contributed by atoms with Gasteiger partial charge in [0, 0.05) is 17.6 Å². The van der Waals surface area contributed by atoms with E-state index in [1.807, 2.05) is 0 Å². The van der Waals surface area contributed by atoms with Crippen molar-refractivity contribution in [3.05, 3.63) is 6.33 Å². The van der Waals surface area contributed by atoms with Gasteiger partial charge in [-0.2, -0.15) is 4.37 Å². The van der Waals surface area contributed by atoms with Gasteiger partial charge in [0.25, 0.3) is 0 Å². The zero-order chi connectivity index (χ0) is 9.31. The molecule has 2 rings (SSSR count). The largest absolute Gasteiger partial charge is 0.357 e. The van der Waals surface area contributed by atoms with Gasteiger partial charge in [-0.1, -0.05) is 0 Å². The Kier molecular flexibility index (Phi) is 2.20. The number of sulfone groups is 1. The molecule has 2 heterocycles. The van der Waals surface area contributed by atoms with E-state index in [1.54, 1.807) is 0 Å². The van der Waals surface area contributed by atoms with Crippen molar-refractivity contribution in [1.82, 2.24) is 9.36 Å². The lowest BCUT2D eigenvalue weighted by Crippen LogP contribution is -2.20. The van der Waals surface area contributed by atoms with Crippen LogP contribution in [0.25, 0.3) is 0 Å². The molecular formula is C6H9N3O2S2. The molecule has 7 heteroatoms. The van der Waals surface area contributed by atoms with E-state index in [2.05, 4.69) is 14.7 Å². The van der Waals surface area contributed by atoms with Crippen LogP contribution >= 0.6 is 11.5 Å². The van der Waals surface area contributed by atoms with Gasteiger partial charge in [-0.05, 0) is 6.42 Å². The molecule has 1 aromatic heterocycles. The Morgan fingerprint density at radius 3 is 3.00 bits per heavy atom. The summed E-state index contributed by atoms with van der Waals surface area (Å²) in [6.07, 6.45) is 2.12. The van der Waals surface area contributed by atoms with Crippen molar-refractivity contribution < 1.29 is 8.42 Å². The van der Waals surface area contributed by atoms with E-state index >= 15 is 0 Å². The molecule has 0 aliphatic carbocycles. The molecule has 72 valence electrons. The van der Waals surface area contributed by atoms with E-state index in [0.717, 1.165) is 0 Å². The third kappa shape index (κ3) is 2.16. The number of nitrogens with zero attached hydrogens (tertiary/aromatic N) is 2. The molecule has 1 saturated heterocycles. The highest BCUT2D eigenvalue weighted by atomic mass is 32.2. The first-order chi connectivity index (χ1) is 6.16. The van der Waals surface area contributed by atoms with Crippen LogP contribution in [0.15, 0.2) is 6.33 Å². The molecule has 1 atom stereocenters. The second-order valence-corrected chi connectivity index (χ2v) is 6.00. The van der Waals surface area contributed by atoms with E-state index < -0.39 is 9.84 Å². The highest BCUT2D eigenvalue weighted by molar-refractivity contribution is 7.91. The Balaban J connectivity index is 1.99. The molecule has 1 aliphatic heterocycles. The molecule has 0 amide bonds. The number of anilines is 1. The molecule has 1 aromatic rings. The fourth-order valence-corrected chi connectivity index (χ4v) is 3.50. The maximum atomic E-state index is 11.1. The first-order valence-electron chi connectivity index (χ1n) is 3.89. The minimum atomic E-state index is -2.80. The van der Waals surface area contributed by atoms with Crippen molar-refractivity contribution in [2.75, 3.05) is 16.8 Å². The van der Waals surface area contributed by atoms with Crippen molar-refractivity contribution in [3.8, 4) is 0 Å². The van der Waals surface area contributed by atoms with E-state index in [0.29, 0.717) is 11.6 Å². The van der Waals surface area contributed by atoms with E-state index in [-0.39, 0.29) is 17.5 Å². The van der Waals surface area contributed by atoms with Gasteiger partial charge in [0.05, 0.1) is 11.5 Å². The molecule has 1 unspecified atom stereocenters. The third-order valence-corrected chi connectivity index (χ3v) is 4.29. The van der Waals surface area contributed by atoms with Crippen LogP contribution in [0.1, 0.15) is 6.42 Å². The lowest BCUT2D eigenvalue weighted by atomic mass is 10.3. The van der Waals surface area contributed by atoms with Crippen molar-refractivity contribution in [1.29, 1.82) is 0 Å². The molecule has 1 N–H and O–H groups in total. The van der Waals surface area contributed by atoms with E-state index in [1.165, 1.54) is 17.9 Å². The predicted molar refractivity (Wildman–Crippen MR) is 50.6 cm³/mol. The van der Waals surface area contributed by atoms with Gasteiger partial charge in [0.1, 0.15) is 6.33 Å². The second-order valence-electron chi connectivity index (χ2n) is 2.99. The van der Waals surface area contributed by atoms with Crippen LogP contribution in [0.3, 0.4) is 0 Å². The molecule has 5 nitrogen and oxygen atoms in total. The number of hydrogen-bond donors (Lipinski definition) is 1. The van der Waals surface area contributed by atoms with E-state index in [4.69, 9.17) is 0 Å². The van der Waals surface area contributed by atoms with Gasteiger partial charge in [-0.15, -0.1) is 0 Å². The molecule has 0 radical (unpaired) electrons. The highest BCUT2D eigenvalue weighted by Crippen LogP contribution is 2.17. The van der Waals surface area contributed by atoms with Crippen molar-refractivity contribution in [2.45, 2.75) is 12.5 Å². The topological polar surface area (TPSA) is 72.0 Å². The summed E-state index contributed by atoms with van der Waals surface area (Å²) in [5.74, 6) is 0.496. The summed E-state index contributed by atoms with van der Waals surface area (Å²) >= 11 is 1.24. The molecule has 0 aromatic carbocycles. The number of nitrogens with one attached hydrogen (secondary N) is 1. The van der Waals surface area contributed by atoms with Crippen LogP contribution in [-0.4, -0.2) is 35.3 Å². The minimum absolute atomic E-state index is 0.0120. The number of aromatic nitrogens is 2. The molecule has 1 fully saturated rings. The minimum Gasteiger partial charge on any atom is -0.357 e. The number of rotatable bonds is 2. The highest BCUT2D eigenvalue weighted by Gasteiger charge is 2.28. The third-order valence-electron chi connectivity index (χ3n) is 1.92. The Hall–Kier alpha value is -0.690. The average Bonchev–Trinajstić information content (AvgIpc) is 2.61. The smallest absolute Gasteiger partial charge is 0.202 e. The first kappa shape index (κ1) is 8.89. The SMILES string of the molecule is O=S1(=O)CCC(Nc2ncns2)C1. The van der Waals surface area contributed by atoms with Crippen LogP contribution < -0.4 is 5.32 Å². The lowest BCUT2D eigenvalue weighted by Gasteiger charge is -2.07. The second kappa shape index (κ2) is 3.22. The summed E-state index contributed by atoms with van der Waals surface area (Å²) in [6, 6.07) is 0.0120. The summed E-state index contributed by atoms with van der Waals surface area (Å²) < 4.78 is 26.0. The van der Waals surface area contributed by atoms with Crippen molar-refractivity contribution in [2.24, 2.45) is 0 Å². The normalized spacial score (nSPS) is 26.0. The van der Waals surface area contributed by atoms with Gasteiger partial charge in [-0.25, -0.2) is 13.4 Å². The van der Waals surface area contributed by atoms with Crippen LogP contribution in [-0.2, 0) is 9.84 Å². The summed E-state index contributed by atoms with van der Waals surface area (Å²) in [7, 11) is -2.80. The van der Waals surface area contributed by atoms with Crippen LogP contribution in [0.5, 0.6) is 0 Å². The molecule has 0 saturated carbocycles. The standard InChI is InChI=1S/C6H9N3O2S2/c10-13(11)2-1-5(3-13)9-6-7-4-8-12-6/h4-5H,1-3H2,(H,7,8,9).